The van der Waals surface area contributed by atoms with Gasteiger partial charge < -0.3 is 0 Å². The standard InChI is InChI=1S/C12H18.C2H4/c1-11(2)7-6-10-12-8-4-3-5-9-12;1-2/h3-5,8-9,11H,6-7,10H2,1-2H3;1-2H2. The second kappa shape index (κ2) is 8.55. The van der Waals surface area contributed by atoms with E-state index in [4.69, 9.17) is 0 Å². The van der Waals surface area contributed by atoms with Crippen LogP contribution in [0, 0.1) is 5.92 Å². The van der Waals surface area contributed by atoms with Crippen molar-refractivity contribution >= 4 is 0 Å². The lowest BCUT2D eigenvalue weighted by Gasteiger charge is -2.03. The summed E-state index contributed by atoms with van der Waals surface area (Å²) < 4.78 is 0. The quantitative estimate of drug-likeness (QED) is 0.615. The van der Waals surface area contributed by atoms with Gasteiger partial charge in [-0.15, -0.1) is 13.2 Å². The Morgan fingerprint density at radius 3 is 2.14 bits per heavy atom. The van der Waals surface area contributed by atoms with E-state index in [1.54, 1.807) is 0 Å². The van der Waals surface area contributed by atoms with Gasteiger partial charge in [0.25, 0.3) is 0 Å². The normalized spacial score (nSPS) is 9.36. The van der Waals surface area contributed by atoms with Crippen molar-refractivity contribution in [3.05, 3.63) is 49.1 Å². The summed E-state index contributed by atoms with van der Waals surface area (Å²) in [7, 11) is 0. The van der Waals surface area contributed by atoms with Crippen molar-refractivity contribution in [2.24, 2.45) is 5.92 Å². The second-order valence-corrected chi connectivity index (χ2v) is 3.77. The molecule has 0 unspecified atom stereocenters. The SMILES string of the molecule is C=C.CC(C)CCCc1ccccc1. The minimum absolute atomic E-state index is 0.841. The van der Waals surface area contributed by atoms with E-state index in [2.05, 4.69) is 57.3 Å². The molecular formula is C14H22. The van der Waals surface area contributed by atoms with Gasteiger partial charge in [-0.05, 0) is 24.3 Å². The highest BCUT2D eigenvalue weighted by atomic mass is 14.0. The van der Waals surface area contributed by atoms with E-state index in [1.807, 2.05) is 0 Å². The average molecular weight is 190 g/mol. The van der Waals surface area contributed by atoms with Crippen molar-refractivity contribution in [1.29, 1.82) is 0 Å². The number of aryl methyl sites for hydroxylation is 1. The molecule has 0 fully saturated rings. The Labute approximate surface area is 88.7 Å². The molecule has 0 heteroatoms. The summed E-state index contributed by atoms with van der Waals surface area (Å²) in [5, 5.41) is 0. The first-order valence-corrected chi connectivity index (χ1v) is 5.33. The summed E-state index contributed by atoms with van der Waals surface area (Å²) in [4.78, 5) is 0. The maximum absolute atomic E-state index is 3.00. The summed E-state index contributed by atoms with van der Waals surface area (Å²) in [6.45, 7) is 10.6. The third-order valence-electron chi connectivity index (χ3n) is 2.09. The first kappa shape index (κ1) is 13.0. The van der Waals surface area contributed by atoms with Gasteiger partial charge in [0.05, 0.1) is 0 Å². The van der Waals surface area contributed by atoms with Crippen LogP contribution in [0.3, 0.4) is 0 Å². The molecule has 78 valence electrons. The highest BCUT2D eigenvalue weighted by molar-refractivity contribution is 5.14. The molecule has 0 radical (unpaired) electrons. The molecule has 1 aromatic carbocycles. The van der Waals surface area contributed by atoms with Crippen LogP contribution in [0.15, 0.2) is 43.5 Å². The van der Waals surface area contributed by atoms with Gasteiger partial charge in [0.1, 0.15) is 0 Å². The van der Waals surface area contributed by atoms with E-state index in [1.165, 1.54) is 24.8 Å². The van der Waals surface area contributed by atoms with E-state index in [9.17, 15) is 0 Å². The molecule has 0 saturated heterocycles. The molecule has 14 heavy (non-hydrogen) atoms. The summed E-state index contributed by atoms with van der Waals surface area (Å²) in [5.41, 5.74) is 1.47. The fraction of sp³-hybridized carbons (Fsp3) is 0.429. The summed E-state index contributed by atoms with van der Waals surface area (Å²) in [6.07, 6.45) is 3.90. The molecule has 0 atom stereocenters. The Bertz CT molecular complexity index is 211. The van der Waals surface area contributed by atoms with Gasteiger partial charge in [-0.3, -0.25) is 0 Å². The largest absolute Gasteiger partial charge is 0.106 e. The van der Waals surface area contributed by atoms with Crippen LogP contribution in [0.25, 0.3) is 0 Å². The van der Waals surface area contributed by atoms with E-state index >= 15 is 0 Å². The Hall–Kier alpha value is -1.04. The second-order valence-electron chi connectivity index (χ2n) is 3.77. The summed E-state index contributed by atoms with van der Waals surface area (Å²) in [5.74, 6) is 0.841. The molecule has 0 amide bonds. The molecule has 0 aliphatic rings. The van der Waals surface area contributed by atoms with E-state index < -0.39 is 0 Å². The minimum atomic E-state index is 0.841. The van der Waals surface area contributed by atoms with E-state index in [-0.39, 0.29) is 0 Å². The van der Waals surface area contributed by atoms with Gasteiger partial charge in [-0.1, -0.05) is 50.6 Å². The van der Waals surface area contributed by atoms with E-state index in [0.29, 0.717) is 0 Å². The van der Waals surface area contributed by atoms with Crippen LogP contribution >= 0.6 is 0 Å². The molecule has 0 bridgehead atoms. The van der Waals surface area contributed by atoms with Crippen LogP contribution in [0.2, 0.25) is 0 Å². The third-order valence-corrected chi connectivity index (χ3v) is 2.09. The predicted octanol–water partition coefficient (Wildman–Crippen LogP) is 4.47. The zero-order valence-corrected chi connectivity index (χ0v) is 9.50. The molecule has 1 rings (SSSR count). The van der Waals surface area contributed by atoms with Crippen LogP contribution in [0.4, 0.5) is 0 Å². The van der Waals surface area contributed by atoms with E-state index in [0.717, 1.165) is 5.92 Å². The maximum Gasteiger partial charge on any atom is -0.0279 e. The molecule has 1 aromatic rings. The fourth-order valence-corrected chi connectivity index (χ4v) is 1.36. The first-order valence-electron chi connectivity index (χ1n) is 5.33. The zero-order valence-electron chi connectivity index (χ0n) is 9.50. The molecule has 0 N–H and O–H groups in total. The summed E-state index contributed by atoms with van der Waals surface area (Å²) in [6, 6.07) is 10.7. The fourth-order valence-electron chi connectivity index (χ4n) is 1.36. The molecule has 0 spiro atoms. The Kier molecular flexibility index (Phi) is 7.92. The first-order chi connectivity index (χ1) is 6.79. The van der Waals surface area contributed by atoms with Crippen LogP contribution in [0.5, 0.6) is 0 Å². The van der Waals surface area contributed by atoms with Crippen LogP contribution in [-0.4, -0.2) is 0 Å². The third kappa shape index (κ3) is 6.47. The molecule has 0 aromatic heterocycles. The maximum atomic E-state index is 3.00. The van der Waals surface area contributed by atoms with Crippen LogP contribution in [-0.2, 0) is 6.42 Å². The topological polar surface area (TPSA) is 0 Å². The van der Waals surface area contributed by atoms with Gasteiger partial charge in [0.2, 0.25) is 0 Å². The molecule has 0 aliphatic carbocycles. The van der Waals surface area contributed by atoms with Gasteiger partial charge in [-0.2, -0.15) is 0 Å². The average Bonchev–Trinajstić information content (AvgIpc) is 2.22. The van der Waals surface area contributed by atoms with Gasteiger partial charge in [0.15, 0.2) is 0 Å². The van der Waals surface area contributed by atoms with Crippen molar-refractivity contribution in [3.63, 3.8) is 0 Å². The monoisotopic (exact) mass is 190 g/mol. The highest BCUT2D eigenvalue weighted by Crippen LogP contribution is 2.09. The molecule has 0 aliphatic heterocycles. The van der Waals surface area contributed by atoms with Gasteiger partial charge in [0, 0.05) is 0 Å². The number of rotatable bonds is 4. The molecule has 0 saturated carbocycles. The molecular weight excluding hydrogens is 168 g/mol. The number of hydrogen-bond acceptors (Lipinski definition) is 0. The van der Waals surface area contributed by atoms with Crippen LogP contribution in [0.1, 0.15) is 32.3 Å². The number of hydrogen-bond donors (Lipinski definition) is 0. The van der Waals surface area contributed by atoms with Crippen molar-refractivity contribution in [3.8, 4) is 0 Å². The molecule has 0 nitrogen and oxygen atoms in total. The summed E-state index contributed by atoms with van der Waals surface area (Å²) >= 11 is 0. The van der Waals surface area contributed by atoms with Crippen LogP contribution < -0.4 is 0 Å². The lowest BCUT2D eigenvalue weighted by atomic mass is 10.0. The van der Waals surface area contributed by atoms with Gasteiger partial charge >= 0.3 is 0 Å². The van der Waals surface area contributed by atoms with Crippen molar-refractivity contribution in [1.82, 2.24) is 0 Å². The zero-order chi connectivity index (χ0) is 10.8. The smallest absolute Gasteiger partial charge is 0.0279 e. The lowest BCUT2D eigenvalue weighted by Crippen LogP contribution is -1.90. The lowest BCUT2D eigenvalue weighted by molar-refractivity contribution is 0.556. The van der Waals surface area contributed by atoms with Crippen molar-refractivity contribution < 1.29 is 0 Å². The van der Waals surface area contributed by atoms with Crippen molar-refractivity contribution in [2.75, 3.05) is 0 Å². The number of benzene rings is 1. The Morgan fingerprint density at radius 2 is 1.64 bits per heavy atom. The Balaban J connectivity index is 0.000000791. The predicted molar refractivity (Wildman–Crippen MR) is 65.5 cm³/mol. The molecule has 0 heterocycles. The van der Waals surface area contributed by atoms with Crippen molar-refractivity contribution in [2.45, 2.75) is 33.1 Å². The highest BCUT2D eigenvalue weighted by Gasteiger charge is 1.94. The van der Waals surface area contributed by atoms with Gasteiger partial charge in [-0.25, -0.2) is 0 Å². The minimum Gasteiger partial charge on any atom is -0.106 e. The Morgan fingerprint density at radius 1 is 1.07 bits per heavy atom.